The molecule has 0 spiro atoms. The molecule has 2 fully saturated rings. The van der Waals surface area contributed by atoms with Gasteiger partial charge < -0.3 is 15.2 Å². The molecule has 124 valence electrons. The molecular weight excluding hydrogens is 294 g/mol. The minimum atomic E-state index is -0.934. The Kier molecular flexibility index (Phi) is 4.15. The number of hydrogen-bond acceptors (Lipinski definition) is 3. The highest BCUT2D eigenvalue weighted by Gasteiger charge is 2.55. The smallest absolute Gasteiger partial charge is 0.310 e. The van der Waals surface area contributed by atoms with Crippen LogP contribution < -0.4 is 5.32 Å². The highest BCUT2D eigenvalue weighted by Crippen LogP contribution is 2.43. The number of carboxylic acid groups (broad SMARTS) is 1. The quantitative estimate of drug-likeness (QED) is 0.894. The zero-order valence-electron chi connectivity index (χ0n) is 13.7. The third-order valence-electron chi connectivity index (χ3n) is 5.11. The van der Waals surface area contributed by atoms with Gasteiger partial charge in [0.1, 0.15) is 0 Å². The van der Waals surface area contributed by atoms with E-state index in [0.717, 1.165) is 24.0 Å². The van der Waals surface area contributed by atoms with Gasteiger partial charge in [0.15, 0.2) is 0 Å². The van der Waals surface area contributed by atoms with Crippen molar-refractivity contribution in [2.45, 2.75) is 51.9 Å². The maximum atomic E-state index is 12.7. The molecule has 0 radical (unpaired) electrons. The first kappa shape index (κ1) is 16.0. The molecule has 1 amide bonds. The molecule has 2 aliphatic rings. The van der Waals surface area contributed by atoms with Crippen molar-refractivity contribution in [2.75, 3.05) is 0 Å². The van der Waals surface area contributed by atoms with Crippen molar-refractivity contribution >= 4 is 11.9 Å². The van der Waals surface area contributed by atoms with E-state index >= 15 is 0 Å². The predicted molar refractivity (Wildman–Crippen MR) is 85.0 cm³/mol. The van der Waals surface area contributed by atoms with Gasteiger partial charge in [-0.3, -0.25) is 9.59 Å². The van der Waals surface area contributed by atoms with Gasteiger partial charge >= 0.3 is 5.97 Å². The van der Waals surface area contributed by atoms with Gasteiger partial charge in [-0.2, -0.15) is 0 Å². The van der Waals surface area contributed by atoms with Crippen LogP contribution in [0, 0.1) is 25.7 Å². The Labute approximate surface area is 136 Å². The molecule has 0 aromatic heterocycles. The summed E-state index contributed by atoms with van der Waals surface area (Å²) >= 11 is 0. The fraction of sp³-hybridized carbons (Fsp3) is 0.556. The lowest BCUT2D eigenvalue weighted by molar-refractivity contribution is -0.148. The maximum Gasteiger partial charge on any atom is 0.310 e. The van der Waals surface area contributed by atoms with E-state index in [1.807, 2.05) is 32.9 Å². The van der Waals surface area contributed by atoms with Gasteiger partial charge in [0.05, 0.1) is 30.1 Å². The Morgan fingerprint density at radius 2 is 1.87 bits per heavy atom. The van der Waals surface area contributed by atoms with Crippen LogP contribution in [0.5, 0.6) is 0 Å². The van der Waals surface area contributed by atoms with Crippen molar-refractivity contribution in [3.05, 3.63) is 34.9 Å². The second-order valence-electron chi connectivity index (χ2n) is 6.77. The molecule has 1 aromatic carbocycles. The summed E-state index contributed by atoms with van der Waals surface area (Å²) in [6.45, 7) is 5.98. The van der Waals surface area contributed by atoms with Crippen molar-refractivity contribution in [1.29, 1.82) is 0 Å². The van der Waals surface area contributed by atoms with Crippen molar-refractivity contribution in [3.63, 3.8) is 0 Å². The van der Waals surface area contributed by atoms with Crippen LogP contribution in [-0.2, 0) is 14.3 Å². The average molecular weight is 317 g/mol. The fourth-order valence-electron chi connectivity index (χ4n) is 4.02. The molecule has 2 bridgehead atoms. The topological polar surface area (TPSA) is 75.6 Å². The highest BCUT2D eigenvalue weighted by molar-refractivity contribution is 5.86. The van der Waals surface area contributed by atoms with Crippen molar-refractivity contribution in [2.24, 2.45) is 11.8 Å². The number of carbonyl (C=O) groups excluding carboxylic acids is 1. The number of nitrogens with one attached hydrogen (secondary N) is 1. The summed E-state index contributed by atoms with van der Waals surface area (Å²) in [6.07, 6.45) is 0.930. The van der Waals surface area contributed by atoms with Crippen molar-refractivity contribution < 1.29 is 19.4 Å². The standard InChI is InChI=1S/C18H23NO4/c1-9-4-5-12(10(2)8-9)11(3)19-17(20)15-13-6-7-14(23-13)16(15)18(21)22/h4-5,8,11,13-16H,6-7H2,1-3H3,(H,19,20)(H,21,22)/t11-,13+,14+,15+,16+/m1/s1. The number of fused-ring (bicyclic) bond motifs is 2. The normalized spacial score (nSPS) is 30.2. The molecule has 2 N–H and O–H groups in total. The van der Waals surface area contributed by atoms with Gasteiger partial charge in [0.25, 0.3) is 0 Å². The first-order valence-electron chi connectivity index (χ1n) is 8.14. The van der Waals surface area contributed by atoms with Crippen LogP contribution in [0.3, 0.4) is 0 Å². The van der Waals surface area contributed by atoms with Gasteiger partial charge in [0.2, 0.25) is 5.91 Å². The van der Waals surface area contributed by atoms with Crippen LogP contribution in [0.2, 0.25) is 0 Å². The molecule has 5 heteroatoms. The minimum Gasteiger partial charge on any atom is -0.481 e. The lowest BCUT2D eigenvalue weighted by Crippen LogP contribution is -2.44. The number of benzene rings is 1. The Morgan fingerprint density at radius 3 is 2.48 bits per heavy atom. The van der Waals surface area contributed by atoms with Crippen molar-refractivity contribution in [1.82, 2.24) is 5.32 Å². The molecule has 0 unspecified atom stereocenters. The van der Waals surface area contributed by atoms with Crippen LogP contribution >= 0.6 is 0 Å². The van der Waals surface area contributed by atoms with Gasteiger partial charge in [-0.25, -0.2) is 0 Å². The number of carbonyl (C=O) groups is 2. The molecule has 3 rings (SSSR count). The number of aliphatic carboxylic acids is 1. The number of aryl methyl sites for hydroxylation is 2. The van der Waals surface area contributed by atoms with Crippen LogP contribution in [0.25, 0.3) is 0 Å². The Bertz CT molecular complexity index is 642. The molecule has 0 aliphatic carbocycles. The number of ether oxygens (including phenoxy) is 1. The van der Waals surface area contributed by atoms with E-state index in [1.54, 1.807) is 0 Å². The maximum absolute atomic E-state index is 12.7. The van der Waals surface area contributed by atoms with Crippen LogP contribution in [-0.4, -0.2) is 29.2 Å². The molecule has 2 heterocycles. The fourth-order valence-corrected chi connectivity index (χ4v) is 4.02. The molecule has 5 atom stereocenters. The number of amides is 1. The lowest BCUT2D eigenvalue weighted by atomic mass is 9.78. The summed E-state index contributed by atoms with van der Waals surface area (Å²) in [5, 5.41) is 12.4. The SMILES string of the molecule is Cc1ccc([C@@H](C)NC(=O)[C@@H]2[C@@H](C(=O)O)[C@@H]3CC[C@@H]2O3)c(C)c1. The molecule has 5 nitrogen and oxygen atoms in total. The zero-order valence-corrected chi connectivity index (χ0v) is 13.7. The second kappa shape index (κ2) is 5.96. The average Bonchev–Trinajstić information content (AvgIpc) is 3.07. The van der Waals surface area contributed by atoms with Crippen LogP contribution in [0.15, 0.2) is 18.2 Å². The molecule has 2 aliphatic heterocycles. The number of hydrogen-bond donors (Lipinski definition) is 2. The van der Waals surface area contributed by atoms with Gasteiger partial charge in [-0.05, 0) is 44.7 Å². The van der Waals surface area contributed by atoms with E-state index in [0.29, 0.717) is 0 Å². The largest absolute Gasteiger partial charge is 0.481 e. The summed E-state index contributed by atoms with van der Waals surface area (Å²) in [5.41, 5.74) is 3.36. The molecule has 23 heavy (non-hydrogen) atoms. The van der Waals surface area contributed by atoms with E-state index in [1.165, 1.54) is 5.56 Å². The lowest BCUT2D eigenvalue weighted by Gasteiger charge is -2.26. The van der Waals surface area contributed by atoms with Crippen LogP contribution in [0.1, 0.15) is 42.5 Å². The molecular formula is C18H23NO4. The summed E-state index contributed by atoms with van der Waals surface area (Å²) < 4.78 is 5.67. The third-order valence-corrected chi connectivity index (χ3v) is 5.11. The zero-order chi connectivity index (χ0) is 16.7. The monoisotopic (exact) mass is 317 g/mol. The summed E-state index contributed by atoms with van der Waals surface area (Å²) in [5.74, 6) is -2.45. The Balaban J connectivity index is 1.74. The van der Waals surface area contributed by atoms with Crippen LogP contribution in [0.4, 0.5) is 0 Å². The van der Waals surface area contributed by atoms with E-state index < -0.39 is 17.8 Å². The summed E-state index contributed by atoms with van der Waals surface area (Å²) in [7, 11) is 0. The first-order valence-corrected chi connectivity index (χ1v) is 8.14. The van der Waals surface area contributed by atoms with Crippen molar-refractivity contribution in [3.8, 4) is 0 Å². The summed E-state index contributed by atoms with van der Waals surface area (Å²) in [4.78, 5) is 24.2. The predicted octanol–water partition coefficient (Wildman–Crippen LogP) is 2.36. The molecule has 0 saturated carbocycles. The van der Waals surface area contributed by atoms with Gasteiger partial charge in [-0.15, -0.1) is 0 Å². The molecule has 1 aromatic rings. The first-order chi connectivity index (χ1) is 10.9. The van der Waals surface area contributed by atoms with E-state index in [4.69, 9.17) is 4.74 Å². The number of rotatable bonds is 4. The highest BCUT2D eigenvalue weighted by atomic mass is 16.5. The number of carboxylic acids is 1. The second-order valence-corrected chi connectivity index (χ2v) is 6.77. The van der Waals surface area contributed by atoms with E-state index in [9.17, 15) is 14.7 Å². The third kappa shape index (κ3) is 2.85. The summed E-state index contributed by atoms with van der Waals surface area (Å²) in [6, 6.07) is 5.96. The Morgan fingerprint density at radius 1 is 1.22 bits per heavy atom. The van der Waals surface area contributed by atoms with E-state index in [-0.39, 0.29) is 24.2 Å². The minimum absolute atomic E-state index is 0.156. The van der Waals surface area contributed by atoms with E-state index in [2.05, 4.69) is 11.4 Å². The van der Waals surface area contributed by atoms with Gasteiger partial charge in [-0.1, -0.05) is 23.8 Å². The molecule has 2 saturated heterocycles. The Hall–Kier alpha value is -1.88. The van der Waals surface area contributed by atoms with Gasteiger partial charge in [0, 0.05) is 0 Å².